The summed E-state index contributed by atoms with van der Waals surface area (Å²) in [4.78, 5) is 26.2. The lowest BCUT2D eigenvalue weighted by molar-refractivity contribution is -0.132. The van der Waals surface area contributed by atoms with E-state index in [2.05, 4.69) is 10.4 Å². The van der Waals surface area contributed by atoms with Gasteiger partial charge < -0.3 is 10.2 Å². The highest BCUT2D eigenvalue weighted by Crippen LogP contribution is 2.18. The van der Waals surface area contributed by atoms with Crippen molar-refractivity contribution < 1.29 is 9.59 Å². The minimum absolute atomic E-state index is 0.0184. The average Bonchev–Trinajstić information content (AvgIpc) is 2.78. The molecule has 0 aliphatic carbocycles. The fourth-order valence-corrected chi connectivity index (χ4v) is 2.74. The second-order valence-corrected chi connectivity index (χ2v) is 6.50. The van der Waals surface area contributed by atoms with E-state index in [9.17, 15) is 9.59 Å². The molecule has 6 nitrogen and oxygen atoms in total. The molecule has 0 unspecified atom stereocenters. The van der Waals surface area contributed by atoms with Crippen LogP contribution >= 0.6 is 0 Å². The number of likely N-dealkylation sites (N-methyl/N-ethyl adjacent to an activating group) is 1. The molecule has 1 aromatic heterocycles. The first-order valence-electron chi connectivity index (χ1n) is 8.29. The van der Waals surface area contributed by atoms with Crippen molar-refractivity contribution in [2.24, 2.45) is 7.05 Å². The van der Waals surface area contributed by atoms with Gasteiger partial charge in [-0.25, -0.2) is 0 Å². The summed E-state index contributed by atoms with van der Waals surface area (Å²) < 4.78 is 1.77. The van der Waals surface area contributed by atoms with Crippen LogP contribution in [0.2, 0.25) is 0 Å². The molecule has 6 heteroatoms. The van der Waals surface area contributed by atoms with Crippen LogP contribution in [0.1, 0.15) is 28.1 Å². The van der Waals surface area contributed by atoms with Crippen LogP contribution in [0.5, 0.6) is 0 Å². The van der Waals surface area contributed by atoms with Gasteiger partial charge in [0.25, 0.3) is 0 Å². The number of hydrogen-bond donors (Lipinski definition) is 1. The number of carbonyl (C=O) groups excluding carboxylic acids is 2. The largest absolute Gasteiger partial charge is 0.336 e. The van der Waals surface area contributed by atoms with Gasteiger partial charge in [-0.05, 0) is 44.9 Å². The number of rotatable bonds is 5. The minimum atomic E-state index is -0.204. The van der Waals surface area contributed by atoms with Crippen LogP contribution in [-0.2, 0) is 23.1 Å². The number of aryl methyl sites for hydroxylation is 3. The molecule has 0 radical (unpaired) electrons. The first-order valence-corrected chi connectivity index (χ1v) is 8.29. The predicted molar refractivity (Wildman–Crippen MR) is 98.6 cm³/mol. The van der Waals surface area contributed by atoms with Crippen molar-refractivity contribution in [1.82, 2.24) is 14.7 Å². The van der Waals surface area contributed by atoms with Crippen molar-refractivity contribution in [2.45, 2.75) is 34.1 Å². The standard InChI is InChI=1S/C19H26N4O2/c1-12-8-7-9-17(13(12)2)20-18(24)11-22(5)19(25)10-16-14(3)21-23(6)15(16)4/h7-9H,10-11H2,1-6H3,(H,20,24). The molecule has 0 aliphatic heterocycles. The van der Waals surface area contributed by atoms with E-state index in [1.165, 1.54) is 4.90 Å². The summed E-state index contributed by atoms with van der Waals surface area (Å²) in [7, 11) is 3.50. The molecule has 0 aliphatic rings. The topological polar surface area (TPSA) is 67.2 Å². The summed E-state index contributed by atoms with van der Waals surface area (Å²) in [6, 6.07) is 5.77. The minimum Gasteiger partial charge on any atom is -0.336 e. The third kappa shape index (κ3) is 4.26. The van der Waals surface area contributed by atoms with Crippen LogP contribution < -0.4 is 5.32 Å². The van der Waals surface area contributed by atoms with Crippen molar-refractivity contribution in [3.8, 4) is 0 Å². The van der Waals surface area contributed by atoms with Gasteiger partial charge in [0.15, 0.2) is 0 Å². The maximum absolute atomic E-state index is 12.4. The van der Waals surface area contributed by atoms with Crippen molar-refractivity contribution in [1.29, 1.82) is 0 Å². The van der Waals surface area contributed by atoms with Crippen molar-refractivity contribution in [3.63, 3.8) is 0 Å². The molecule has 134 valence electrons. The number of nitrogens with zero attached hydrogens (tertiary/aromatic N) is 3. The predicted octanol–water partition coefficient (Wildman–Crippen LogP) is 2.29. The summed E-state index contributed by atoms with van der Waals surface area (Å²) >= 11 is 0. The Morgan fingerprint density at radius 2 is 1.88 bits per heavy atom. The number of anilines is 1. The smallest absolute Gasteiger partial charge is 0.243 e. The lowest BCUT2D eigenvalue weighted by atomic mass is 10.1. The molecule has 0 spiro atoms. The van der Waals surface area contributed by atoms with Gasteiger partial charge in [-0.15, -0.1) is 0 Å². The lowest BCUT2D eigenvalue weighted by Crippen LogP contribution is -2.36. The zero-order chi connectivity index (χ0) is 18.7. The van der Waals surface area contributed by atoms with Gasteiger partial charge in [0.2, 0.25) is 11.8 Å². The number of nitrogens with one attached hydrogen (secondary N) is 1. The molecule has 0 bridgehead atoms. The summed E-state index contributed by atoms with van der Waals surface area (Å²) in [5, 5.41) is 7.20. The summed E-state index contributed by atoms with van der Waals surface area (Å²) in [5.41, 5.74) is 5.68. The zero-order valence-electron chi connectivity index (χ0n) is 15.8. The van der Waals surface area contributed by atoms with Crippen LogP contribution in [0.4, 0.5) is 5.69 Å². The fourth-order valence-electron chi connectivity index (χ4n) is 2.74. The third-order valence-corrected chi connectivity index (χ3v) is 4.67. The maximum Gasteiger partial charge on any atom is 0.243 e. The quantitative estimate of drug-likeness (QED) is 0.906. The summed E-state index contributed by atoms with van der Waals surface area (Å²) in [5.74, 6) is -0.306. The Morgan fingerprint density at radius 1 is 1.20 bits per heavy atom. The molecule has 1 heterocycles. The van der Waals surface area contributed by atoms with Crippen molar-refractivity contribution >= 4 is 17.5 Å². The second-order valence-electron chi connectivity index (χ2n) is 6.50. The zero-order valence-corrected chi connectivity index (χ0v) is 15.8. The molecule has 1 N–H and O–H groups in total. The Bertz CT molecular complexity index is 808. The number of carbonyl (C=O) groups is 2. The van der Waals surface area contributed by atoms with Crippen LogP contribution in [-0.4, -0.2) is 40.1 Å². The molecular formula is C19H26N4O2. The monoisotopic (exact) mass is 342 g/mol. The van der Waals surface area contributed by atoms with Gasteiger partial charge in [0.05, 0.1) is 18.7 Å². The molecule has 2 rings (SSSR count). The first kappa shape index (κ1) is 18.7. The molecule has 0 saturated heterocycles. The van der Waals surface area contributed by atoms with E-state index in [1.54, 1.807) is 11.7 Å². The van der Waals surface area contributed by atoms with Gasteiger partial charge >= 0.3 is 0 Å². The summed E-state index contributed by atoms with van der Waals surface area (Å²) in [6.45, 7) is 7.82. The van der Waals surface area contributed by atoms with E-state index in [1.807, 2.05) is 52.9 Å². The number of aromatic nitrogens is 2. The maximum atomic E-state index is 12.4. The summed E-state index contributed by atoms with van der Waals surface area (Å²) in [6.07, 6.45) is 0.249. The van der Waals surface area contributed by atoms with E-state index in [-0.39, 0.29) is 24.8 Å². The Labute approximate surface area is 148 Å². The number of hydrogen-bond acceptors (Lipinski definition) is 3. The Morgan fingerprint density at radius 3 is 2.48 bits per heavy atom. The van der Waals surface area contributed by atoms with Gasteiger partial charge in [-0.1, -0.05) is 12.1 Å². The van der Waals surface area contributed by atoms with Gasteiger partial charge in [0, 0.05) is 31.0 Å². The van der Waals surface area contributed by atoms with Gasteiger partial charge in [0.1, 0.15) is 0 Å². The Balaban J connectivity index is 1.98. The Kier molecular flexibility index (Phi) is 5.62. The highest BCUT2D eigenvalue weighted by molar-refractivity contribution is 5.95. The highest BCUT2D eigenvalue weighted by atomic mass is 16.2. The van der Waals surface area contributed by atoms with E-state index in [4.69, 9.17) is 0 Å². The molecule has 2 aromatic rings. The van der Waals surface area contributed by atoms with Crippen LogP contribution in [0.15, 0.2) is 18.2 Å². The highest BCUT2D eigenvalue weighted by Gasteiger charge is 2.18. The van der Waals surface area contributed by atoms with E-state index < -0.39 is 0 Å². The molecular weight excluding hydrogens is 316 g/mol. The molecule has 1 aromatic carbocycles. The van der Waals surface area contributed by atoms with E-state index >= 15 is 0 Å². The molecule has 0 fully saturated rings. The van der Waals surface area contributed by atoms with Gasteiger partial charge in [-0.2, -0.15) is 5.10 Å². The first-order chi connectivity index (χ1) is 11.7. The fraction of sp³-hybridized carbons (Fsp3) is 0.421. The molecule has 0 saturated carbocycles. The number of amides is 2. The van der Waals surface area contributed by atoms with Crippen LogP contribution in [0.25, 0.3) is 0 Å². The van der Waals surface area contributed by atoms with Crippen LogP contribution in [0, 0.1) is 27.7 Å². The number of benzene rings is 1. The Hall–Kier alpha value is -2.63. The van der Waals surface area contributed by atoms with Crippen LogP contribution in [0.3, 0.4) is 0 Å². The third-order valence-electron chi connectivity index (χ3n) is 4.67. The lowest BCUT2D eigenvalue weighted by Gasteiger charge is -2.18. The van der Waals surface area contributed by atoms with Crippen molar-refractivity contribution in [2.75, 3.05) is 18.9 Å². The normalized spacial score (nSPS) is 10.6. The van der Waals surface area contributed by atoms with E-state index in [0.29, 0.717) is 0 Å². The molecule has 0 atom stereocenters. The van der Waals surface area contributed by atoms with Crippen molar-refractivity contribution in [3.05, 3.63) is 46.3 Å². The van der Waals surface area contributed by atoms with E-state index in [0.717, 1.165) is 33.8 Å². The average molecular weight is 342 g/mol. The second kappa shape index (κ2) is 7.51. The molecule has 2 amide bonds. The SMILES string of the molecule is Cc1cccc(NC(=O)CN(C)C(=O)Cc2c(C)nn(C)c2C)c1C. The van der Waals surface area contributed by atoms with Gasteiger partial charge in [-0.3, -0.25) is 14.3 Å². The molecule has 25 heavy (non-hydrogen) atoms.